The van der Waals surface area contributed by atoms with Gasteiger partial charge in [0.1, 0.15) is 36.6 Å². The van der Waals surface area contributed by atoms with Crippen LogP contribution < -0.4 is 19.5 Å². The van der Waals surface area contributed by atoms with E-state index < -0.39 is 35.5 Å². The fourth-order valence-corrected chi connectivity index (χ4v) is 4.71. The summed E-state index contributed by atoms with van der Waals surface area (Å²) < 4.78 is 44.3. The summed E-state index contributed by atoms with van der Waals surface area (Å²) in [5.41, 5.74) is 0.273. The van der Waals surface area contributed by atoms with Crippen LogP contribution in [0.3, 0.4) is 0 Å². The molecular weight excluding hydrogens is 510 g/mol. The molecule has 1 amide bonds. The van der Waals surface area contributed by atoms with Gasteiger partial charge >= 0.3 is 0 Å². The largest absolute Gasteiger partial charge is 0.486 e. The predicted molar refractivity (Wildman–Crippen MR) is 137 cm³/mol. The van der Waals surface area contributed by atoms with Gasteiger partial charge in [0.15, 0.2) is 17.3 Å². The van der Waals surface area contributed by atoms with E-state index in [1.165, 1.54) is 42.5 Å². The summed E-state index contributed by atoms with van der Waals surface area (Å²) in [4.78, 5) is 28.2. The molecule has 0 aliphatic carbocycles. The number of nitrogens with zero attached hydrogens (tertiary/aromatic N) is 1. The van der Waals surface area contributed by atoms with Gasteiger partial charge in [0.05, 0.1) is 6.04 Å². The van der Waals surface area contributed by atoms with E-state index in [4.69, 9.17) is 14.2 Å². The molecule has 5 rings (SSSR count). The van der Waals surface area contributed by atoms with Gasteiger partial charge in [-0.25, -0.2) is 8.78 Å². The minimum Gasteiger partial charge on any atom is -0.486 e. The Bertz CT molecular complexity index is 1340. The highest BCUT2D eigenvalue weighted by molar-refractivity contribution is 6.42. The highest BCUT2D eigenvalue weighted by Gasteiger charge is 2.31. The first-order chi connectivity index (χ1) is 18.9. The number of halogens is 2. The van der Waals surface area contributed by atoms with Gasteiger partial charge in [0, 0.05) is 12.1 Å². The zero-order chi connectivity index (χ0) is 27.4. The van der Waals surface area contributed by atoms with Crippen LogP contribution in [0.4, 0.5) is 8.78 Å². The number of ketones is 1. The van der Waals surface area contributed by atoms with Crippen LogP contribution in [0.2, 0.25) is 0 Å². The van der Waals surface area contributed by atoms with Crippen LogP contribution in [0.25, 0.3) is 0 Å². The number of nitrogens with one attached hydrogen (secondary N) is 1. The number of hydrogen-bond donors (Lipinski definition) is 2. The number of Topliss-reactive ketones (excluding diaryl/α,β-unsaturated/α-hetero) is 1. The molecule has 3 aromatic carbocycles. The Morgan fingerprint density at radius 2 is 1.72 bits per heavy atom. The molecule has 2 aliphatic rings. The summed E-state index contributed by atoms with van der Waals surface area (Å²) in [6.07, 6.45) is 0.644. The van der Waals surface area contributed by atoms with Crippen molar-refractivity contribution in [2.24, 2.45) is 0 Å². The number of ether oxygens (including phenoxy) is 3. The van der Waals surface area contributed by atoms with Crippen molar-refractivity contribution in [2.75, 3.05) is 32.8 Å². The van der Waals surface area contributed by atoms with Crippen molar-refractivity contribution < 1.29 is 37.7 Å². The monoisotopic (exact) mass is 538 g/mol. The maximum atomic E-state index is 14.7. The van der Waals surface area contributed by atoms with Crippen molar-refractivity contribution in [3.05, 3.63) is 83.4 Å². The molecule has 39 heavy (non-hydrogen) atoms. The third-order valence-corrected chi connectivity index (χ3v) is 6.66. The van der Waals surface area contributed by atoms with Gasteiger partial charge < -0.3 is 29.5 Å². The van der Waals surface area contributed by atoms with E-state index in [0.717, 1.165) is 32.0 Å². The van der Waals surface area contributed by atoms with Crippen molar-refractivity contribution in [3.8, 4) is 23.0 Å². The molecule has 10 heteroatoms. The molecule has 2 heterocycles. The number of aliphatic hydroxyl groups is 1. The molecule has 0 saturated carbocycles. The van der Waals surface area contributed by atoms with E-state index in [1.807, 2.05) is 0 Å². The summed E-state index contributed by atoms with van der Waals surface area (Å²) in [6, 6.07) is 13.2. The van der Waals surface area contributed by atoms with E-state index in [-0.39, 0.29) is 42.4 Å². The lowest BCUT2D eigenvalue weighted by molar-refractivity contribution is -0.118. The lowest BCUT2D eigenvalue weighted by Gasteiger charge is -2.29. The van der Waals surface area contributed by atoms with Crippen LogP contribution in [-0.4, -0.2) is 60.6 Å². The second-order valence-electron chi connectivity index (χ2n) is 9.47. The lowest BCUT2D eigenvalue weighted by atomic mass is 10.00. The maximum absolute atomic E-state index is 14.7. The summed E-state index contributed by atoms with van der Waals surface area (Å²) in [5, 5.41) is 13.9. The molecule has 2 N–H and O–H groups in total. The highest BCUT2D eigenvalue weighted by atomic mass is 19.1. The van der Waals surface area contributed by atoms with Gasteiger partial charge in [-0.15, -0.1) is 0 Å². The highest BCUT2D eigenvalue weighted by Crippen LogP contribution is 2.36. The number of hydrogen-bond acceptors (Lipinski definition) is 7. The van der Waals surface area contributed by atoms with Crippen LogP contribution in [0.5, 0.6) is 23.0 Å². The van der Waals surface area contributed by atoms with E-state index in [0.29, 0.717) is 11.5 Å². The molecule has 3 aromatic rings. The normalized spacial score (nSPS) is 16.4. The number of carbonyl (C=O) groups excluding carboxylic acids is 2. The number of amides is 1. The van der Waals surface area contributed by atoms with Crippen molar-refractivity contribution in [1.29, 1.82) is 0 Å². The van der Waals surface area contributed by atoms with Crippen molar-refractivity contribution >= 4 is 11.7 Å². The Morgan fingerprint density at radius 1 is 0.974 bits per heavy atom. The third kappa shape index (κ3) is 6.35. The Kier molecular flexibility index (Phi) is 8.04. The molecule has 0 aromatic heterocycles. The first-order valence-corrected chi connectivity index (χ1v) is 12.8. The quantitative estimate of drug-likeness (QED) is 0.314. The predicted octanol–water partition coefficient (Wildman–Crippen LogP) is 4.03. The number of carbonyl (C=O) groups is 2. The van der Waals surface area contributed by atoms with Crippen LogP contribution in [0.1, 0.15) is 34.9 Å². The van der Waals surface area contributed by atoms with Crippen molar-refractivity contribution in [2.45, 2.75) is 25.0 Å². The van der Waals surface area contributed by atoms with Crippen LogP contribution >= 0.6 is 0 Å². The molecular formula is C29H28F2N2O6. The van der Waals surface area contributed by atoms with Gasteiger partial charge in [-0.2, -0.15) is 0 Å². The molecule has 8 nitrogen and oxygen atoms in total. The Morgan fingerprint density at radius 3 is 2.49 bits per heavy atom. The molecule has 0 radical (unpaired) electrons. The number of aliphatic hydroxyl groups excluding tert-OH is 1. The molecule has 2 atom stereocenters. The van der Waals surface area contributed by atoms with E-state index in [2.05, 4.69) is 10.2 Å². The van der Waals surface area contributed by atoms with Crippen LogP contribution in [0, 0.1) is 11.6 Å². The fourth-order valence-electron chi connectivity index (χ4n) is 4.71. The lowest BCUT2D eigenvalue weighted by Crippen LogP contribution is -2.48. The second kappa shape index (κ2) is 11.8. The molecule has 1 saturated heterocycles. The van der Waals surface area contributed by atoms with Gasteiger partial charge in [0.25, 0.3) is 5.91 Å². The van der Waals surface area contributed by atoms with Crippen LogP contribution in [-0.2, 0) is 4.79 Å². The topological polar surface area (TPSA) is 97.3 Å². The van der Waals surface area contributed by atoms with E-state index in [9.17, 15) is 23.5 Å². The molecule has 2 aliphatic heterocycles. The molecule has 0 unspecified atom stereocenters. The molecule has 204 valence electrons. The van der Waals surface area contributed by atoms with Gasteiger partial charge in [-0.1, -0.05) is 12.1 Å². The van der Waals surface area contributed by atoms with Gasteiger partial charge in [-0.05, 0) is 80.0 Å². The fraction of sp³-hybridized carbons (Fsp3) is 0.310. The Labute approximate surface area is 224 Å². The average Bonchev–Trinajstić information content (AvgIpc) is 3.46. The molecule has 0 bridgehead atoms. The first kappa shape index (κ1) is 26.6. The van der Waals surface area contributed by atoms with Crippen LogP contribution in [0.15, 0.2) is 60.7 Å². The molecule has 0 spiro atoms. The Balaban J connectivity index is 1.33. The van der Waals surface area contributed by atoms with Crippen molar-refractivity contribution in [3.63, 3.8) is 0 Å². The number of fused-ring (bicyclic) bond motifs is 1. The summed E-state index contributed by atoms with van der Waals surface area (Å²) in [7, 11) is 0. The van der Waals surface area contributed by atoms with Gasteiger partial charge in [-0.3, -0.25) is 9.59 Å². The summed E-state index contributed by atoms with van der Waals surface area (Å²) >= 11 is 0. The zero-order valence-electron chi connectivity index (χ0n) is 21.1. The van der Waals surface area contributed by atoms with Crippen molar-refractivity contribution in [1.82, 2.24) is 10.2 Å². The number of rotatable bonds is 9. The Hall–Kier alpha value is -4.02. The standard InChI is InChI=1S/C29H28F2N2O6/c30-20-6-8-21(9-7-20)39-22-5-3-4-18(14-22)27(35)29(36)32-24(17-33-10-1-2-11-33)26(34)19-15-23(31)28-25(16-19)37-12-13-38-28/h3-9,14-16,24,26,34H,1-2,10-13,17H2,(H,32,36)/t24-,26+/m1/s1. The minimum atomic E-state index is -1.32. The third-order valence-electron chi connectivity index (χ3n) is 6.66. The summed E-state index contributed by atoms with van der Waals surface area (Å²) in [5.74, 6) is -2.02. The zero-order valence-corrected chi connectivity index (χ0v) is 21.1. The molecule has 1 fully saturated rings. The first-order valence-electron chi connectivity index (χ1n) is 12.8. The SMILES string of the molecule is O=C(N[C@H](CN1CCCC1)[C@@H](O)c1cc(F)c2c(c1)OCCO2)C(=O)c1cccc(Oc2ccc(F)cc2)c1. The minimum absolute atomic E-state index is 0.0183. The average molecular weight is 539 g/mol. The van der Waals surface area contributed by atoms with Gasteiger partial charge in [0.2, 0.25) is 5.78 Å². The summed E-state index contributed by atoms with van der Waals surface area (Å²) in [6.45, 7) is 2.30. The number of benzene rings is 3. The van der Waals surface area contributed by atoms with E-state index >= 15 is 0 Å². The van der Waals surface area contributed by atoms with E-state index in [1.54, 1.807) is 12.1 Å². The second-order valence-corrected chi connectivity index (χ2v) is 9.47. The number of likely N-dealkylation sites (tertiary alicyclic amines) is 1. The maximum Gasteiger partial charge on any atom is 0.292 e. The smallest absolute Gasteiger partial charge is 0.292 e.